The van der Waals surface area contributed by atoms with Crippen LogP contribution >= 0.6 is 22.6 Å². The van der Waals surface area contributed by atoms with Crippen molar-refractivity contribution in [3.05, 3.63) is 46.2 Å². The number of rotatable bonds is 3. The number of hydrogen-bond acceptors (Lipinski definition) is 3. The van der Waals surface area contributed by atoms with Gasteiger partial charge in [0.25, 0.3) is 0 Å². The summed E-state index contributed by atoms with van der Waals surface area (Å²) in [5, 5.41) is 0. The topological polar surface area (TPSA) is 31.4 Å². The van der Waals surface area contributed by atoms with Gasteiger partial charge in [-0.2, -0.15) is 0 Å². The van der Waals surface area contributed by atoms with Gasteiger partial charge in [0, 0.05) is 15.8 Å². The minimum Gasteiger partial charge on any atom is -0.488 e. The number of halogens is 1. The number of hydrogen-bond donors (Lipinski definition) is 0. The zero-order valence-electron chi connectivity index (χ0n) is 11.2. The van der Waals surface area contributed by atoms with Gasteiger partial charge in [-0.25, -0.2) is 4.98 Å². The highest BCUT2D eigenvalue weighted by atomic mass is 127. The van der Waals surface area contributed by atoms with E-state index in [4.69, 9.17) is 9.47 Å². The van der Waals surface area contributed by atoms with Crippen molar-refractivity contribution in [1.29, 1.82) is 0 Å². The zero-order valence-corrected chi connectivity index (χ0v) is 13.3. The summed E-state index contributed by atoms with van der Waals surface area (Å²) < 4.78 is 12.5. The van der Waals surface area contributed by atoms with Crippen molar-refractivity contribution >= 4 is 22.6 Å². The zero-order chi connectivity index (χ0) is 13.9. The van der Waals surface area contributed by atoms with Gasteiger partial charge in [0.15, 0.2) is 0 Å². The second-order valence-corrected chi connectivity index (χ2v) is 6.35. The van der Waals surface area contributed by atoms with Crippen molar-refractivity contribution in [3.8, 4) is 17.4 Å². The Hall–Kier alpha value is -1.30. The van der Waals surface area contributed by atoms with E-state index in [9.17, 15) is 0 Å². The summed E-state index contributed by atoms with van der Waals surface area (Å²) in [6, 6.07) is 11.4. The fraction of sp³-hybridized carbons (Fsp3) is 0.267. The third-order valence-corrected chi connectivity index (χ3v) is 2.81. The Morgan fingerprint density at radius 2 is 1.58 bits per heavy atom. The molecule has 2 rings (SSSR count). The molecule has 0 fully saturated rings. The van der Waals surface area contributed by atoms with Crippen LogP contribution in [-0.4, -0.2) is 10.6 Å². The van der Waals surface area contributed by atoms with Crippen LogP contribution in [-0.2, 0) is 0 Å². The van der Waals surface area contributed by atoms with Gasteiger partial charge in [-0.15, -0.1) is 0 Å². The van der Waals surface area contributed by atoms with Crippen LogP contribution in [0.25, 0.3) is 0 Å². The molecule has 1 aromatic heterocycles. The molecule has 0 unspecified atom stereocenters. The van der Waals surface area contributed by atoms with E-state index < -0.39 is 0 Å². The highest BCUT2D eigenvalue weighted by Gasteiger charge is 2.11. The Kier molecular flexibility index (Phi) is 4.29. The molecule has 0 bridgehead atoms. The number of pyridine rings is 1. The Morgan fingerprint density at radius 3 is 2.11 bits per heavy atom. The number of ether oxygens (including phenoxy) is 2. The Balaban J connectivity index is 2.04. The third-order valence-electron chi connectivity index (χ3n) is 2.17. The summed E-state index contributed by atoms with van der Waals surface area (Å²) in [6.45, 7) is 6.06. The lowest BCUT2D eigenvalue weighted by Gasteiger charge is -2.21. The maximum atomic E-state index is 5.75. The summed E-state index contributed by atoms with van der Waals surface area (Å²) in [4.78, 5) is 4.19. The van der Waals surface area contributed by atoms with Gasteiger partial charge < -0.3 is 9.47 Å². The Labute approximate surface area is 127 Å². The quantitative estimate of drug-likeness (QED) is 0.738. The highest BCUT2D eigenvalue weighted by molar-refractivity contribution is 14.1. The average Bonchev–Trinajstić information content (AvgIpc) is 2.33. The van der Waals surface area contributed by atoms with E-state index >= 15 is 0 Å². The van der Waals surface area contributed by atoms with E-state index in [1.165, 1.54) is 0 Å². The Morgan fingerprint density at radius 1 is 0.947 bits per heavy atom. The maximum absolute atomic E-state index is 5.75. The lowest BCUT2D eigenvalue weighted by molar-refractivity contribution is 0.131. The normalized spacial score (nSPS) is 11.2. The summed E-state index contributed by atoms with van der Waals surface area (Å²) >= 11 is 2.21. The summed E-state index contributed by atoms with van der Waals surface area (Å²) in [7, 11) is 0. The molecule has 0 saturated heterocycles. The van der Waals surface area contributed by atoms with Crippen molar-refractivity contribution in [1.82, 2.24) is 4.98 Å². The minimum absolute atomic E-state index is 0.194. The fourth-order valence-electron chi connectivity index (χ4n) is 1.47. The largest absolute Gasteiger partial charge is 0.488 e. The molecular weight excluding hydrogens is 353 g/mol. The molecule has 4 heteroatoms. The van der Waals surface area contributed by atoms with Crippen LogP contribution < -0.4 is 9.47 Å². The smallest absolute Gasteiger partial charge is 0.219 e. The van der Waals surface area contributed by atoms with Crippen molar-refractivity contribution < 1.29 is 9.47 Å². The molecular formula is C15H16INO2. The molecule has 1 heterocycles. The molecule has 100 valence electrons. The van der Waals surface area contributed by atoms with E-state index in [1.54, 1.807) is 6.20 Å². The van der Waals surface area contributed by atoms with Gasteiger partial charge in [-0.3, -0.25) is 0 Å². The van der Waals surface area contributed by atoms with Crippen LogP contribution in [0.4, 0.5) is 0 Å². The summed E-state index contributed by atoms with van der Waals surface area (Å²) in [6.07, 6.45) is 1.77. The van der Waals surface area contributed by atoms with Crippen molar-refractivity contribution in [2.24, 2.45) is 0 Å². The molecule has 0 N–H and O–H groups in total. The molecule has 0 aliphatic heterocycles. The van der Waals surface area contributed by atoms with Crippen LogP contribution in [0.5, 0.6) is 17.4 Å². The second kappa shape index (κ2) is 5.77. The molecule has 0 amide bonds. The minimum atomic E-state index is -0.194. The average molecular weight is 369 g/mol. The molecule has 0 aliphatic carbocycles. The standard InChI is InChI=1S/C15H16INO2/c1-15(2,3)19-13-7-5-12(6-8-13)18-14-9-4-11(16)10-17-14/h4-10H,1-3H3. The molecule has 3 nitrogen and oxygen atoms in total. The number of nitrogens with zero attached hydrogens (tertiary/aromatic N) is 1. The summed E-state index contributed by atoms with van der Waals surface area (Å²) in [5.41, 5.74) is -0.194. The van der Waals surface area contributed by atoms with Crippen molar-refractivity contribution in [2.45, 2.75) is 26.4 Å². The van der Waals surface area contributed by atoms with E-state index in [0.29, 0.717) is 5.88 Å². The summed E-state index contributed by atoms with van der Waals surface area (Å²) in [5.74, 6) is 2.16. The first-order valence-corrected chi connectivity index (χ1v) is 7.09. The predicted molar refractivity (Wildman–Crippen MR) is 83.9 cm³/mol. The molecule has 1 aromatic carbocycles. The monoisotopic (exact) mass is 369 g/mol. The maximum Gasteiger partial charge on any atom is 0.219 e. The van der Waals surface area contributed by atoms with E-state index in [-0.39, 0.29) is 5.60 Å². The predicted octanol–water partition coefficient (Wildman–Crippen LogP) is 4.66. The molecule has 0 spiro atoms. The second-order valence-electron chi connectivity index (χ2n) is 5.10. The molecule has 0 atom stereocenters. The molecule has 19 heavy (non-hydrogen) atoms. The number of benzene rings is 1. The third kappa shape index (κ3) is 4.70. The first kappa shape index (κ1) is 14.1. The molecule has 0 radical (unpaired) electrons. The molecule has 0 saturated carbocycles. The van der Waals surface area contributed by atoms with Gasteiger partial charge in [0.2, 0.25) is 5.88 Å². The van der Waals surface area contributed by atoms with Gasteiger partial charge >= 0.3 is 0 Å². The van der Waals surface area contributed by atoms with Crippen LogP contribution in [0, 0.1) is 3.57 Å². The molecule has 0 aliphatic rings. The highest BCUT2D eigenvalue weighted by Crippen LogP contribution is 2.24. The Bertz CT molecular complexity index is 530. The molecule has 2 aromatic rings. The first-order chi connectivity index (χ1) is 8.92. The van der Waals surface area contributed by atoms with E-state index in [2.05, 4.69) is 27.6 Å². The van der Waals surface area contributed by atoms with E-state index in [0.717, 1.165) is 15.1 Å². The van der Waals surface area contributed by atoms with Gasteiger partial charge in [0.05, 0.1) is 0 Å². The van der Waals surface area contributed by atoms with Crippen LogP contribution in [0.2, 0.25) is 0 Å². The van der Waals surface area contributed by atoms with Crippen LogP contribution in [0.3, 0.4) is 0 Å². The van der Waals surface area contributed by atoms with Gasteiger partial charge in [-0.05, 0) is 73.7 Å². The lowest BCUT2D eigenvalue weighted by Crippen LogP contribution is -2.22. The van der Waals surface area contributed by atoms with E-state index in [1.807, 2.05) is 57.2 Å². The van der Waals surface area contributed by atoms with Gasteiger partial charge in [-0.1, -0.05) is 0 Å². The van der Waals surface area contributed by atoms with Crippen molar-refractivity contribution in [2.75, 3.05) is 0 Å². The first-order valence-electron chi connectivity index (χ1n) is 6.01. The van der Waals surface area contributed by atoms with Gasteiger partial charge in [0.1, 0.15) is 17.1 Å². The number of aromatic nitrogens is 1. The van der Waals surface area contributed by atoms with Crippen molar-refractivity contribution in [3.63, 3.8) is 0 Å². The van der Waals surface area contributed by atoms with Crippen LogP contribution in [0.15, 0.2) is 42.6 Å². The lowest BCUT2D eigenvalue weighted by atomic mass is 10.2. The fourth-order valence-corrected chi connectivity index (χ4v) is 1.79. The SMILES string of the molecule is CC(C)(C)Oc1ccc(Oc2ccc(I)cn2)cc1. The van der Waals surface area contributed by atoms with Crippen LogP contribution in [0.1, 0.15) is 20.8 Å².